The molecule has 0 spiro atoms. The van der Waals surface area contributed by atoms with E-state index >= 15 is 0 Å². The number of aromatic amines is 3. The predicted molar refractivity (Wildman–Crippen MR) is 515 cm³/mol. The van der Waals surface area contributed by atoms with E-state index in [0.29, 0.717) is 54.4 Å². The number of nitrogens with zero attached hydrogens (tertiary/aromatic N) is 11. The maximum absolute atomic E-state index is 12.8. The zero-order valence-corrected chi connectivity index (χ0v) is 73.6. The van der Waals surface area contributed by atoms with Crippen LogP contribution < -0.4 is 35.7 Å². The summed E-state index contributed by atoms with van der Waals surface area (Å²) in [7, 11) is 0. The van der Waals surface area contributed by atoms with Gasteiger partial charge < -0.3 is 39.1 Å². The summed E-state index contributed by atoms with van der Waals surface area (Å²) < 4.78 is 18.2. The third-order valence-corrected chi connectivity index (χ3v) is 26.0. The van der Waals surface area contributed by atoms with Gasteiger partial charge in [0.1, 0.15) is 19.0 Å². The summed E-state index contributed by atoms with van der Waals surface area (Å²) >= 11 is 1.91. The standard InChI is InChI=1S/C20H22N2S.C20H14N2.C19H24N2O2.C13H10N2O.C12H9NO.C10H10O3.C6H5N3O2.C6H5N3/c1-3-7-19-17(5-1)22(18-6-2-4-8-20(18)23-19)14-16-13-21-11-9-15(16)10-12-21;1-3-9-15(10-4-1)19-20(16-11-5-2-6-12-16)22-18-14-8-7-13-17(18)21-19;22-18-13-20(19(23)15-7-2-1-3-8-15)12-17-16-9-5-4-6-14(16)10-11-21(17)18;1-9(16)11-8-14-15-12-5-3-2-4-10(12)6-7-13(11)15;1-3-7-11-9(5-1)13-10-6-2-4-8-12(10)14-11;1-7(11)8-2-3-9-10(6-8)13-5-4-12-9;10-5-3-1-2-7-4(3)8-6(11)9-5;1-2-5-4-8-9-6(5)7-3-1/h1-8,15-16H,9-14H2;1-14H;4-6,9,15,17H,1-3,7-8,10-13H2;2-8H,1H3;1-8,13H;2-3,6H,4-5H2,1H3;2H,1H2,(H2,8,9,10,11);1-4H,(H,7,8,9). The van der Waals surface area contributed by atoms with E-state index in [4.69, 9.17) is 24.2 Å². The van der Waals surface area contributed by atoms with Gasteiger partial charge in [0.05, 0.1) is 92.3 Å². The fraction of sp³-hybridized carbons (Fsp3) is 0.226. The van der Waals surface area contributed by atoms with E-state index in [2.05, 4.69) is 141 Å². The molecular weight excluding hydrogens is 1660 g/mol. The maximum atomic E-state index is 12.8. The lowest BCUT2D eigenvalue weighted by molar-refractivity contribution is -0.152. The Balaban J connectivity index is 0.000000102. The fourth-order valence-electron chi connectivity index (χ4n) is 18.2. The Hall–Kier alpha value is -15.0. The van der Waals surface area contributed by atoms with Crippen LogP contribution in [0.1, 0.15) is 102 Å². The number of H-pyrrole nitrogens is 3. The predicted octanol–water partition coefficient (Wildman–Crippen LogP) is 20.3. The number of para-hydroxylation sites is 9. The molecule has 16 aromatic rings. The number of ketones is 2. The van der Waals surface area contributed by atoms with Gasteiger partial charge in [-0.1, -0.05) is 201 Å². The molecule has 10 aliphatic rings. The summed E-state index contributed by atoms with van der Waals surface area (Å²) in [6.45, 7) is 11.0. The van der Waals surface area contributed by atoms with E-state index in [1.165, 1.54) is 78.1 Å². The van der Waals surface area contributed by atoms with Crippen molar-refractivity contribution >= 4 is 108 Å². The third kappa shape index (κ3) is 20.2. The molecule has 6 aromatic heterocycles. The number of aromatic nitrogens is 9. The van der Waals surface area contributed by atoms with Gasteiger partial charge in [-0.15, -0.1) is 0 Å². The summed E-state index contributed by atoms with van der Waals surface area (Å²) in [6, 6.07) is 91.5. The Labute approximate surface area is 761 Å². The summed E-state index contributed by atoms with van der Waals surface area (Å²) in [5, 5.41) is 16.3. The summed E-state index contributed by atoms with van der Waals surface area (Å²) in [5.74, 6) is 5.81. The van der Waals surface area contributed by atoms with Crippen LogP contribution in [0.4, 0.5) is 28.6 Å². The average molecular weight is 1760 g/mol. The number of fused-ring (bicyclic) bond motifs is 17. The number of carbonyl (C=O) groups is 4. The van der Waals surface area contributed by atoms with E-state index in [0.717, 1.165) is 147 Å². The smallest absolute Gasteiger partial charge is 0.327 e. The topological polar surface area (TPSA) is 284 Å². The number of ether oxygens (including phenoxy) is 3. The molecule has 4 N–H and O–H groups in total. The molecule has 15 heterocycles. The lowest BCUT2D eigenvalue weighted by Gasteiger charge is -2.47. The zero-order valence-electron chi connectivity index (χ0n) is 72.8. The van der Waals surface area contributed by atoms with E-state index in [9.17, 15) is 28.8 Å². The molecule has 658 valence electrons. The van der Waals surface area contributed by atoms with Gasteiger partial charge >= 0.3 is 5.69 Å². The van der Waals surface area contributed by atoms with E-state index in [-0.39, 0.29) is 47.4 Å². The number of hydrogen-bond acceptors (Lipinski definition) is 19. The largest absolute Gasteiger partial charge is 0.486 e. The normalized spacial score (nSPS) is 17.0. The van der Waals surface area contributed by atoms with Crippen LogP contribution in [0.25, 0.3) is 61.0 Å². The number of aliphatic imine (C=N–C) groups is 1. The van der Waals surface area contributed by atoms with Gasteiger partial charge in [-0.25, -0.2) is 29.3 Å². The molecular formula is C106H99N15O9S. The van der Waals surface area contributed by atoms with Crippen molar-refractivity contribution in [2.75, 3.05) is 69.2 Å². The van der Waals surface area contributed by atoms with Crippen molar-refractivity contribution in [1.29, 1.82) is 0 Å². The first kappa shape index (κ1) is 86.8. The molecule has 9 aliphatic heterocycles. The van der Waals surface area contributed by atoms with Gasteiger partial charge in [0, 0.05) is 88.2 Å². The minimum Gasteiger partial charge on any atom is -0.486 e. The van der Waals surface area contributed by atoms with Crippen LogP contribution in [0.15, 0.2) is 316 Å². The van der Waals surface area contributed by atoms with Gasteiger partial charge in [-0.3, -0.25) is 39.0 Å². The number of anilines is 4. The molecule has 2 atom stereocenters. The SMILES string of the molecule is CC(=O)c1ccc2c(c1)OCCO2.CC(=O)c1cnn2c1ccc1ccccc12.O=C(C1CCCCC1)N1CC(=O)N2CCc3ccccc3C2C1.O=c1[nH]c2c(c(=O)[nH]1)CC=N2.c1ccc(-c2nc3ccccc3nc2-c2ccccc2)cc1.c1ccc2c(c1)Nc1ccccc1O2.c1ccc2c(c1)Sc1ccccc1N2CC1CN2CCC1CC2.c1cnc2[nH]ncc2c1. The number of piperidine rings is 3. The second-order valence-corrected chi connectivity index (χ2v) is 34.4. The molecule has 26 rings (SSSR count). The van der Waals surface area contributed by atoms with Crippen LogP contribution in [-0.4, -0.2) is 148 Å². The van der Waals surface area contributed by atoms with Gasteiger partial charge in [0.15, 0.2) is 40.2 Å². The number of nitrogens with one attached hydrogen (secondary N) is 4. The number of pyridine rings is 2. The Morgan fingerprint density at radius 2 is 1.18 bits per heavy atom. The van der Waals surface area contributed by atoms with Crippen molar-refractivity contribution in [3.8, 4) is 45.5 Å². The molecule has 10 aromatic carbocycles. The van der Waals surface area contributed by atoms with Crippen molar-refractivity contribution in [2.24, 2.45) is 22.7 Å². The molecule has 2 amide bonds. The van der Waals surface area contributed by atoms with Gasteiger partial charge in [-0.05, 0) is 185 Å². The molecule has 1 saturated carbocycles. The lowest BCUT2D eigenvalue weighted by atomic mass is 9.78. The van der Waals surface area contributed by atoms with Crippen LogP contribution in [-0.2, 0) is 22.4 Å². The van der Waals surface area contributed by atoms with E-state index in [1.54, 1.807) is 49.9 Å². The third-order valence-electron chi connectivity index (χ3n) is 24.9. The second-order valence-electron chi connectivity index (χ2n) is 33.3. The van der Waals surface area contributed by atoms with Crippen molar-refractivity contribution in [3.63, 3.8) is 0 Å². The number of piperazine rings is 1. The van der Waals surface area contributed by atoms with E-state index in [1.807, 2.05) is 190 Å². The molecule has 25 heteroatoms. The number of carbonyl (C=O) groups excluding carboxylic acids is 4. The van der Waals surface area contributed by atoms with Crippen molar-refractivity contribution in [3.05, 3.63) is 340 Å². The monoisotopic (exact) mass is 1760 g/mol. The number of rotatable bonds is 7. The van der Waals surface area contributed by atoms with Crippen LogP contribution in [0.3, 0.4) is 0 Å². The number of Topliss-reactive ketones (excluding diaryl/α,β-unsaturated/α-hetero) is 2. The lowest BCUT2D eigenvalue weighted by Crippen LogP contribution is -2.56. The first-order chi connectivity index (χ1) is 64.2. The highest BCUT2D eigenvalue weighted by Gasteiger charge is 2.41. The first-order valence-corrected chi connectivity index (χ1v) is 45.5. The Kier molecular flexibility index (Phi) is 26.9. The Morgan fingerprint density at radius 1 is 0.550 bits per heavy atom. The molecule has 5 fully saturated rings. The highest BCUT2D eigenvalue weighted by molar-refractivity contribution is 7.99. The zero-order chi connectivity index (χ0) is 89.5. The van der Waals surface area contributed by atoms with Crippen LogP contribution in [0, 0.1) is 17.8 Å². The highest BCUT2D eigenvalue weighted by Crippen LogP contribution is 2.50. The number of benzene rings is 10. The maximum Gasteiger partial charge on any atom is 0.327 e. The quantitative estimate of drug-likeness (QED) is 0.108. The average Bonchev–Trinajstić information content (AvgIpc) is 1.52. The molecule has 2 bridgehead atoms. The van der Waals surface area contributed by atoms with Crippen molar-refractivity contribution < 1.29 is 33.4 Å². The molecule has 1 aliphatic carbocycles. The minimum absolute atomic E-state index is 0.0389. The Bertz CT molecular complexity index is 6730. The molecule has 4 saturated heterocycles. The van der Waals surface area contributed by atoms with Crippen LogP contribution in [0.2, 0.25) is 0 Å². The molecule has 2 unspecified atom stereocenters. The second kappa shape index (κ2) is 40.6. The molecule has 0 radical (unpaired) electrons. The summed E-state index contributed by atoms with van der Waals surface area (Å²) in [4.78, 5) is 103. The van der Waals surface area contributed by atoms with Crippen molar-refractivity contribution in [2.45, 2.75) is 87.5 Å². The summed E-state index contributed by atoms with van der Waals surface area (Å²) in [6.07, 6.45) is 16.5. The minimum atomic E-state index is -0.507. The van der Waals surface area contributed by atoms with Gasteiger partial charge in [0.2, 0.25) is 11.8 Å². The van der Waals surface area contributed by atoms with Gasteiger partial charge in [-0.2, -0.15) is 10.2 Å². The fourth-order valence-corrected chi connectivity index (χ4v) is 19.3. The molecule has 24 nitrogen and oxygen atoms in total. The molecule has 131 heavy (non-hydrogen) atoms. The summed E-state index contributed by atoms with van der Waals surface area (Å²) in [5.41, 5.74) is 17.0. The van der Waals surface area contributed by atoms with Crippen molar-refractivity contribution in [1.82, 2.24) is 59.4 Å². The first-order valence-electron chi connectivity index (χ1n) is 44.7. The van der Waals surface area contributed by atoms with Gasteiger partial charge in [0.25, 0.3) is 5.56 Å². The van der Waals surface area contributed by atoms with E-state index < -0.39 is 5.69 Å². The highest BCUT2D eigenvalue weighted by atomic mass is 32.2. The van der Waals surface area contributed by atoms with Crippen LogP contribution in [0.5, 0.6) is 23.0 Å². The van der Waals surface area contributed by atoms with Crippen LogP contribution >= 0.6 is 11.8 Å². The number of hydrogen-bond donors (Lipinski definition) is 4. The Morgan fingerprint density at radius 3 is 1.85 bits per heavy atom. The number of amides is 2.